The van der Waals surface area contributed by atoms with Crippen molar-refractivity contribution >= 4 is 10.8 Å². The van der Waals surface area contributed by atoms with E-state index in [4.69, 9.17) is 4.74 Å². The zero-order valence-electron chi connectivity index (χ0n) is 12.0. The molecule has 0 spiro atoms. The number of fused-ring (bicyclic) bond motifs is 1. The lowest BCUT2D eigenvalue weighted by Crippen LogP contribution is -2.25. The van der Waals surface area contributed by atoms with Crippen LogP contribution < -0.4 is 4.74 Å². The molecule has 106 valence electrons. The molecule has 2 aromatic carbocycles. The molecule has 1 saturated carbocycles. The highest BCUT2D eigenvalue weighted by Gasteiger charge is 2.22. The van der Waals surface area contributed by atoms with Crippen LogP contribution in [0.2, 0.25) is 0 Å². The highest BCUT2D eigenvalue weighted by Crippen LogP contribution is 2.31. The Kier molecular flexibility index (Phi) is 3.81. The molecule has 0 bridgehead atoms. The molecule has 0 amide bonds. The lowest BCUT2D eigenvalue weighted by atomic mass is 9.85. The van der Waals surface area contributed by atoms with Crippen LogP contribution in [0.5, 0.6) is 11.5 Å². The van der Waals surface area contributed by atoms with E-state index in [-0.39, 0.29) is 0 Å². The van der Waals surface area contributed by atoms with Gasteiger partial charge in [0.25, 0.3) is 0 Å². The van der Waals surface area contributed by atoms with Crippen LogP contribution in [0.1, 0.15) is 39.0 Å². The number of hydrogen-bond donors (Lipinski definition) is 1. The summed E-state index contributed by atoms with van der Waals surface area (Å²) >= 11 is 0. The van der Waals surface area contributed by atoms with Gasteiger partial charge in [-0.2, -0.15) is 0 Å². The minimum Gasteiger partial charge on any atom is -0.508 e. The first-order valence-electron chi connectivity index (χ1n) is 7.64. The largest absolute Gasteiger partial charge is 0.508 e. The Balaban J connectivity index is 1.76. The molecular formula is C18H22O2. The van der Waals surface area contributed by atoms with Gasteiger partial charge in [0.05, 0.1) is 6.10 Å². The van der Waals surface area contributed by atoms with Crippen molar-refractivity contribution in [1.82, 2.24) is 0 Å². The highest BCUT2D eigenvalue weighted by atomic mass is 16.5. The number of phenolic OH excluding ortho intramolecular Hbond substituents is 1. The minimum atomic E-state index is 0.304. The third-order valence-electron chi connectivity index (χ3n) is 4.41. The van der Waals surface area contributed by atoms with E-state index in [0.717, 1.165) is 28.9 Å². The molecule has 0 aliphatic heterocycles. The van der Waals surface area contributed by atoms with Gasteiger partial charge in [-0.3, -0.25) is 0 Å². The monoisotopic (exact) mass is 270 g/mol. The number of aromatic hydroxyl groups is 1. The Hall–Kier alpha value is -1.70. The maximum Gasteiger partial charge on any atom is 0.120 e. The lowest BCUT2D eigenvalue weighted by Gasteiger charge is -2.29. The third kappa shape index (κ3) is 2.90. The lowest BCUT2D eigenvalue weighted by molar-refractivity contribution is 0.122. The number of hydrogen-bond acceptors (Lipinski definition) is 2. The van der Waals surface area contributed by atoms with Crippen LogP contribution in [-0.2, 0) is 0 Å². The summed E-state index contributed by atoms with van der Waals surface area (Å²) in [6.45, 7) is 2.27. The number of benzene rings is 2. The summed E-state index contributed by atoms with van der Waals surface area (Å²) in [5, 5.41) is 11.7. The molecule has 2 unspecified atom stereocenters. The van der Waals surface area contributed by atoms with Crippen LogP contribution in [0, 0.1) is 5.92 Å². The van der Waals surface area contributed by atoms with Crippen molar-refractivity contribution in [2.24, 2.45) is 5.92 Å². The number of rotatable bonds is 3. The number of phenols is 1. The molecule has 0 heterocycles. The summed E-state index contributed by atoms with van der Waals surface area (Å²) in [6, 6.07) is 11.6. The maximum atomic E-state index is 9.57. The summed E-state index contributed by atoms with van der Waals surface area (Å²) in [7, 11) is 0. The van der Waals surface area contributed by atoms with Crippen LogP contribution in [0.3, 0.4) is 0 Å². The van der Waals surface area contributed by atoms with Crippen molar-refractivity contribution in [2.75, 3.05) is 0 Å². The molecule has 1 aliphatic carbocycles. The third-order valence-corrected chi connectivity index (χ3v) is 4.41. The first-order chi connectivity index (χ1) is 9.74. The predicted molar refractivity (Wildman–Crippen MR) is 82.3 cm³/mol. The average molecular weight is 270 g/mol. The van der Waals surface area contributed by atoms with Gasteiger partial charge in [0.15, 0.2) is 0 Å². The molecule has 20 heavy (non-hydrogen) atoms. The van der Waals surface area contributed by atoms with Crippen molar-refractivity contribution in [3.05, 3.63) is 36.4 Å². The number of ether oxygens (including phenoxy) is 1. The molecule has 1 N–H and O–H groups in total. The zero-order chi connectivity index (χ0) is 13.9. The molecule has 3 rings (SSSR count). The second kappa shape index (κ2) is 5.74. The molecule has 2 aromatic rings. The molecule has 1 fully saturated rings. The SMILES string of the molecule is CCC1CCCC(Oc2ccc3ccc(O)cc3c2)C1. The van der Waals surface area contributed by atoms with Gasteiger partial charge < -0.3 is 9.84 Å². The van der Waals surface area contributed by atoms with Crippen LogP contribution >= 0.6 is 0 Å². The van der Waals surface area contributed by atoms with Gasteiger partial charge in [-0.25, -0.2) is 0 Å². The van der Waals surface area contributed by atoms with E-state index in [9.17, 15) is 5.11 Å². The standard InChI is InChI=1S/C18H22O2/c1-2-13-4-3-5-17(10-13)20-18-9-7-14-6-8-16(19)11-15(14)12-18/h6-9,11-13,17,19H,2-5,10H2,1H3. The summed E-state index contributed by atoms with van der Waals surface area (Å²) in [5.74, 6) is 2.04. The first-order valence-corrected chi connectivity index (χ1v) is 7.64. The second-order valence-electron chi connectivity index (χ2n) is 5.87. The Morgan fingerprint density at radius 3 is 2.80 bits per heavy atom. The van der Waals surface area contributed by atoms with E-state index in [0.29, 0.717) is 11.9 Å². The fourth-order valence-corrected chi connectivity index (χ4v) is 3.20. The summed E-state index contributed by atoms with van der Waals surface area (Å²) < 4.78 is 6.15. The van der Waals surface area contributed by atoms with E-state index < -0.39 is 0 Å². The predicted octanol–water partition coefficient (Wildman–Crippen LogP) is 4.89. The smallest absolute Gasteiger partial charge is 0.120 e. The van der Waals surface area contributed by atoms with Gasteiger partial charge in [0, 0.05) is 0 Å². The fourth-order valence-electron chi connectivity index (χ4n) is 3.20. The highest BCUT2D eigenvalue weighted by molar-refractivity contribution is 5.85. The normalized spacial score (nSPS) is 22.9. The van der Waals surface area contributed by atoms with Gasteiger partial charge in [-0.15, -0.1) is 0 Å². The Bertz CT molecular complexity index is 591. The van der Waals surface area contributed by atoms with Gasteiger partial charge in [-0.05, 0) is 60.2 Å². The Labute approximate surface area is 120 Å². The van der Waals surface area contributed by atoms with Gasteiger partial charge in [0.1, 0.15) is 11.5 Å². The van der Waals surface area contributed by atoms with Crippen LogP contribution in [-0.4, -0.2) is 11.2 Å². The molecule has 1 aliphatic rings. The average Bonchev–Trinajstić information content (AvgIpc) is 2.47. The van der Waals surface area contributed by atoms with Crippen LogP contribution in [0.15, 0.2) is 36.4 Å². The van der Waals surface area contributed by atoms with Gasteiger partial charge in [-0.1, -0.05) is 31.9 Å². The molecule has 0 saturated heterocycles. The van der Waals surface area contributed by atoms with E-state index in [2.05, 4.69) is 13.0 Å². The van der Waals surface area contributed by atoms with E-state index >= 15 is 0 Å². The minimum absolute atomic E-state index is 0.304. The summed E-state index contributed by atoms with van der Waals surface area (Å²) in [6.07, 6.45) is 6.57. The van der Waals surface area contributed by atoms with E-state index in [1.807, 2.05) is 18.2 Å². The second-order valence-corrected chi connectivity index (χ2v) is 5.87. The molecular weight excluding hydrogens is 248 g/mol. The fraction of sp³-hybridized carbons (Fsp3) is 0.444. The van der Waals surface area contributed by atoms with Gasteiger partial charge in [0.2, 0.25) is 0 Å². The zero-order valence-corrected chi connectivity index (χ0v) is 12.0. The summed E-state index contributed by atoms with van der Waals surface area (Å²) in [4.78, 5) is 0. The first kappa shape index (κ1) is 13.3. The van der Waals surface area contributed by atoms with Crippen LogP contribution in [0.25, 0.3) is 10.8 Å². The molecule has 0 aromatic heterocycles. The topological polar surface area (TPSA) is 29.5 Å². The Morgan fingerprint density at radius 1 is 1.10 bits per heavy atom. The van der Waals surface area contributed by atoms with Crippen molar-refractivity contribution in [2.45, 2.75) is 45.1 Å². The quantitative estimate of drug-likeness (QED) is 0.860. The van der Waals surface area contributed by atoms with E-state index in [1.165, 1.54) is 25.7 Å². The van der Waals surface area contributed by atoms with Crippen LogP contribution in [0.4, 0.5) is 0 Å². The van der Waals surface area contributed by atoms with Crippen molar-refractivity contribution < 1.29 is 9.84 Å². The van der Waals surface area contributed by atoms with E-state index in [1.54, 1.807) is 12.1 Å². The maximum absolute atomic E-state index is 9.57. The van der Waals surface area contributed by atoms with Crippen molar-refractivity contribution in [3.8, 4) is 11.5 Å². The molecule has 2 atom stereocenters. The van der Waals surface area contributed by atoms with Crippen molar-refractivity contribution in [1.29, 1.82) is 0 Å². The molecule has 2 nitrogen and oxygen atoms in total. The molecule has 0 radical (unpaired) electrons. The van der Waals surface area contributed by atoms with Crippen molar-refractivity contribution in [3.63, 3.8) is 0 Å². The molecule has 2 heteroatoms. The van der Waals surface area contributed by atoms with Gasteiger partial charge >= 0.3 is 0 Å². The summed E-state index contributed by atoms with van der Waals surface area (Å²) in [5.41, 5.74) is 0. The Morgan fingerprint density at radius 2 is 1.95 bits per heavy atom.